The lowest BCUT2D eigenvalue weighted by Gasteiger charge is -2.32. The molecule has 64 heavy (non-hydrogen) atoms. The average molecular weight is 914 g/mol. The van der Waals surface area contributed by atoms with E-state index in [4.69, 9.17) is 14.3 Å². The van der Waals surface area contributed by atoms with E-state index in [1.807, 2.05) is 137 Å². The first-order chi connectivity index (χ1) is 30.7. The summed E-state index contributed by atoms with van der Waals surface area (Å²) in [5.74, 6) is 0.0562. The van der Waals surface area contributed by atoms with E-state index in [1.165, 1.54) is 12.1 Å². The quantitative estimate of drug-likeness (QED) is 0.127. The zero-order chi connectivity index (χ0) is 44.8. The molecule has 1 saturated heterocycles. The van der Waals surface area contributed by atoms with Gasteiger partial charge in [-0.3, -0.25) is 19.2 Å². The predicted molar refractivity (Wildman–Crippen MR) is 256 cm³/mol. The van der Waals surface area contributed by atoms with Crippen LogP contribution in [0.5, 0.6) is 0 Å². The van der Waals surface area contributed by atoms with Crippen molar-refractivity contribution in [3.63, 3.8) is 0 Å². The van der Waals surface area contributed by atoms with Gasteiger partial charge < -0.3 is 29.9 Å². The summed E-state index contributed by atoms with van der Waals surface area (Å²) in [6, 6.07) is 42.1. The Balaban J connectivity index is 0.000000125. The maximum absolute atomic E-state index is 11.7. The molecule has 3 aliphatic heterocycles. The van der Waals surface area contributed by atoms with Crippen molar-refractivity contribution in [1.82, 2.24) is 19.9 Å². The van der Waals surface area contributed by atoms with Gasteiger partial charge in [-0.1, -0.05) is 84.9 Å². The number of fused-ring (bicyclic) bond motifs is 4. The van der Waals surface area contributed by atoms with Crippen LogP contribution in [0.25, 0.3) is 55.7 Å². The molecule has 0 atom stereocenters. The summed E-state index contributed by atoms with van der Waals surface area (Å²) in [5.41, 5.74) is 10.4. The number of carbonyl (C=O) groups is 2. The Labute approximate surface area is 376 Å². The van der Waals surface area contributed by atoms with E-state index in [9.17, 15) is 19.2 Å². The Morgan fingerprint density at radius 2 is 1.09 bits per heavy atom. The summed E-state index contributed by atoms with van der Waals surface area (Å²) in [4.78, 5) is 60.9. The summed E-state index contributed by atoms with van der Waals surface area (Å²) in [5, 5.41) is 7.49. The van der Waals surface area contributed by atoms with Gasteiger partial charge in [0.1, 0.15) is 11.3 Å². The number of carbonyl (C=O) groups excluding carboxylic acids is 2. The number of aromatic amines is 2. The molecule has 12 nitrogen and oxygen atoms in total. The molecule has 318 valence electrons. The Hall–Kier alpha value is -7.00. The van der Waals surface area contributed by atoms with Crippen LogP contribution in [0.3, 0.4) is 0 Å². The van der Waals surface area contributed by atoms with Crippen LogP contribution in [0.2, 0.25) is 0 Å². The second-order valence-corrected chi connectivity index (χ2v) is 17.6. The van der Waals surface area contributed by atoms with E-state index in [2.05, 4.69) is 41.5 Å². The van der Waals surface area contributed by atoms with Crippen LogP contribution in [0.4, 0.5) is 11.4 Å². The van der Waals surface area contributed by atoms with Gasteiger partial charge >= 0.3 is 7.12 Å². The predicted octanol–water partition coefficient (Wildman–Crippen LogP) is 8.58. The standard InChI is InChI=1S/C22H15N3O2.C14H18BNO3.C14H9BrN2O/c26-19-9-8-16-10-17(14-6-7-15-12-20(27)23-18(15)11-14)21(25-22(16)24-19)13-4-2-1-3-5-13;1-13(2)14(3,4)19-15(18-13)10-5-6-11-9(7-10)8-12(17)16-11;15-11-8-10-6-7-12(18)16-14(10)17-13(11)9-4-2-1-3-5-9/h1-11H,12H2,(H,23,27)(H,24,25,26);5-7H,8H2,1-4H3,(H,16,17);1-8H,(H,16,17,18). The van der Waals surface area contributed by atoms with Crippen LogP contribution in [0, 0.1) is 0 Å². The number of hydrogen-bond donors (Lipinski definition) is 4. The first kappa shape index (κ1) is 42.3. The molecule has 0 aliphatic carbocycles. The Morgan fingerprint density at radius 1 is 0.547 bits per heavy atom. The molecule has 14 heteroatoms. The number of benzene rings is 4. The molecule has 4 aromatic heterocycles. The van der Waals surface area contributed by atoms with Crippen molar-refractivity contribution in [2.75, 3.05) is 10.6 Å². The fourth-order valence-corrected chi connectivity index (χ4v) is 8.29. The highest BCUT2D eigenvalue weighted by molar-refractivity contribution is 9.10. The molecule has 1 fully saturated rings. The van der Waals surface area contributed by atoms with E-state index in [-0.39, 0.29) is 41.3 Å². The van der Waals surface area contributed by atoms with Gasteiger partial charge in [-0.25, -0.2) is 9.97 Å². The largest absolute Gasteiger partial charge is 0.494 e. The summed E-state index contributed by atoms with van der Waals surface area (Å²) in [6.45, 7) is 8.13. The summed E-state index contributed by atoms with van der Waals surface area (Å²) in [6.07, 6.45) is 0.848. The van der Waals surface area contributed by atoms with E-state index >= 15 is 0 Å². The first-order valence-corrected chi connectivity index (χ1v) is 21.5. The van der Waals surface area contributed by atoms with Gasteiger partial charge in [-0.15, -0.1) is 0 Å². The van der Waals surface area contributed by atoms with Crippen molar-refractivity contribution in [1.29, 1.82) is 0 Å². The van der Waals surface area contributed by atoms with Crippen molar-refractivity contribution in [2.24, 2.45) is 0 Å². The minimum atomic E-state index is -0.369. The van der Waals surface area contributed by atoms with Crippen LogP contribution < -0.4 is 27.2 Å². The maximum Gasteiger partial charge on any atom is 0.494 e. The Morgan fingerprint density at radius 3 is 1.72 bits per heavy atom. The number of rotatable bonds is 4. The zero-order valence-corrected chi connectivity index (χ0v) is 37.0. The minimum Gasteiger partial charge on any atom is -0.399 e. The van der Waals surface area contributed by atoms with E-state index in [0.29, 0.717) is 24.1 Å². The first-order valence-electron chi connectivity index (χ1n) is 20.8. The van der Waals surface area contributed by atoms with Gasteiger partial charge in [-0.05, 0) is 102 Å². The van der Waals surface area contributed by atoms with Gasteiger partial charge in [0.15, 0.2) is 0 Å². The third-order valence-corrected chi connectivity index (χ3v) is 12.4. The average Bonchev–Trinajstić information content (AvgIpc) is 3.92. The van der Waals surface area contributed by atoms with Crippen LogP contribution >= 0.6 is 15.9 Å². The van der Waals surface area contributed by atoms with Crippen LogP contribution in [-0.2, 0) is 31.7 Å². The summed E-state index contributed by atoms with van der Waals surface area (Å²) in [7, 11) is -0.369. The second-order valence-electron chi connectivity index (χ2n) is 16.8. The third kappa shape index (κ3) is 8.67. The van der Waals surface area contributed by atoms with E-state index in [0.717, 1.165) is 76.9 Å². The molecule has 2 amide bonds. The number of amides is 2. The number of hydrogen-bond acceptors (Lipinski definition) is 8. The molecule has 0 spiro atoms. The Bertz CT molecular complexity index is 3230. The lowest BCUT2D eigenvalue weighted by molar-refractivity contribution is -0.115. The maximum atomic E-state index is 11.7. The molecule has 7 heterocycles. The summed E-state index contributed by atoms with van der Waals surface area (Å²) >= 11 is 3.52. The van der Waals surface area contributed by atoms with Crippen LogP contribution in [-0.4, -0.2) is 50.1 Å². The van der Waals surface area contributed by atoms with Gasteiger partial charge in [0.25, 0.3) is 0 Å². The lowest BCUT2D eigenvalue weighted by atomic mass is 9.78. The molecule has 0 bridgehead atoms. The normalized spacial score (nSPS) is 15.4. The van der Waals surface area contributed by atoms with Crippen molar-refractivity contribution in [3.8, 4) is 33.6 Å². The van der Waals surface area contributed by atoms with Crippen LogP contribution in [0.1, 0.15) is 38.8 Å². The van der Waals surface area contributed by atoms with Crippen molar-refractivity contribution >= 4 is 73.8 Å². The molecule has 0 radical (unpaired) electrons. The number of H-pyrrole nitrogens is 2. The fourth-order valence-electron chi connectivity index (χ4n) is 7.73. The smallest absolute Gasteiger partial charge is 0.399 e. The second kappa shape index (κ2) is 16.9. The minimum absolute atomic E-state index is 0.0136. The van der Waals surface area contributed by atoms with Gasteiger partial charge in [0.2, 0.25) is 22.9 Å². The number of anilines is 2. The Kier molecular flexibility index (Phi) is 11.2. The molecule has 4 N–H and O–H groups in total. The molecular formula is C50H42BBrN6O6. The number of halogens is 1. The number of nitrogens with zero attached hydrogens (tertiary/aromatic N) is 2. The van der Waals surface area contributed by atoms with Gasteiger partial charge in [0.05, 0.1) is 35.4 Å². The fraction of sp³-hybridized carbons (Fsp3) is 0.160. The molecule has 8 aromatic rings. The SMILES string of the molecule is CC1(C)OB(c2ccc3c(c2)CC(=O)N3)OC1(C)C.O=C1Cc2ccc(-c3cc4ccc(=O)[nH]c4nc3-c3ccccc3)cc2N1.O=c1ccc2cc(Br)c(-c3ccccc3)nc2[nH]1. The van der Waals surface area contributed by atoms with E-state index < -0.39 is 0 Å². The molecule has 4 aromatic carbocycles. The number of nitrogens with one attached hydrogen (secondary N) is 4. The molecule has 3 aliphatic rings. The van der Waals surface area contributed by atoms with Gasteiger partial charge in [-0.2, -0.15) is 0 Å². The molecular weight excluding hydrogens is 871 g/mol. The molecule has 0 unspecified atom stereocenters. The monoisotopic (exact) mass is 912 g/mol. The topological polar surface area (TPSA) is 168 Å². The van der Waals surface area contributed by atoms with Crippen molar-refractivity contribution in [3.05, 3.63) is 170 Å². The highest BCUT2D eigenvalue weighted by Crippen LogP contribution is 2.38. The number of pyridine rings is 4. The van der Waals surface area contributed by atoms with Gasteiger partial charge in [0, 0.05) is 55.4 Å². The lowest BCUT2D eigenvalue weighted by Crippen LogP contribution is -2.41. The molecule has 11 rings (SSSR count). The molecule has 0 saturated carbocycles. The zero-order valence-electron chi connectivity index (χ0n) is 35.4. The summed E-state index contributed by atoms with van der Waals surface area (Å²) < 4.78 is 12.9. The van der Waals surface area contributed by atoms with Crippen LogP contribution in [0.15, 0.2) is 148 Å². The third-order valence-electron chi connectivity index (χ3n) is 11.8. The van der Waals surface area contributed by atoms with E-state index in [1.54, 1.807) is 12.1 Å². The highest BCUT2D eigenvalue weighted by atomic mass is 79.9. The number of aromatic nitrogens is 4. The highest BCUT2D eigenvalue weighted by Gasteiger charge is 2.51. The van der Waals surface area contributed by atoms with Crippen molar-refractivity contribution < 1.29 is 18.9 Å². The van der Waals surface area contributed by atoms with Crippen molar-refractivity contribution in [2.45, 2.75) is 51.7 Å².